The number of carbonyl (C=O) groups excluding carboxylic acids is 1. The van der Waals surface area contributed by atoms with Crippen LogP contribution in [0, 0.1) is 5.82 Å². The van der Waals surface area contributed by atoms with Crippen molar-refractivity contribution < 1.29 is 9.18 Å². The number of nitrogens with zero attached hydrogens (tertiary/aromatic N) is 1. The van der Waals surface area contributed by atoms with Gasteiger partial charge in [0.25, 0.3) is 0 Å². The third-order valence-corrected chi connectivity index (χ3v) is 4.98. The number of carbonyl (C=O) groups is 1. The molecular weight excluding hydrogens is 315 g/mol. The summed E-state index contributed by atoms with van der Waals surface area (Å²) in [5.41, 5.74) is 0.450. The standard InChI is InChI=1S/C21H33FN2O/c1-6-7-12-24(17-14-20(2,3)23-21(4,5)15-17)19(25)13-16-10-8-9-11-18(16)22/h8-11,17,23H,6-7,12-15H2,1-5H3. The van der Waals surface area contributed by atoms with Gasteiger partial charge in [0.05, 0.1) is 6.42 Å². The van der Waals surface area contributed by atoms with Gasteiger partial charge in [0.1, 0.15) is 5.82 Å². The van der Waals surface area contributed by atoms with E-state index in [1.54, 1.807) is 18.2 Å². The van der Waals surface area contributed by atoms with Gasteiger partial charge in [0.2, 0.25) is 5.91 Å². The molecule has 2 rings (SSSR count). The third kappa shape index (κ3) is 5.53. The van der Waals surface area contributed by atoms with Gasteiger partial charge in [0.15, 0.2) is 0 Å². The van der Waals surface area contributed by atoms with E-state index in [9.17, 15) is 9.18 Å². The van der Waals surface area contributed by atoms with Gasteiger partial charge in [0, 0.05) is 23.7 Å². The minimum atomic E-state index is -0.294. The first-order valence-electron chi connectivity index (χ1n) is 9.46. The van der Waals surface area contributed by atoms with Gasteiger partial charge >= 0.3 is 0 Å². The highest BCUT2D eigenvalue weighted by atomic mass is 19.1. The molecule has 1 amide bonds. The van der Waals surface area contributed by atoms with Crippen molar-refractivity contribution in [1.29, 1.82) is 0 Å². The summed E-state index contributed by atoms with van der Waals surface area (Å²) in [6, 6.07) is 6.78. The largest absolute Gasteiger partial charge is 0.339 e. The Kier molecular flexibility index (Phi) is 6.26. The zero-order chi connectivity index (χ0) is 18.7. The smallest absolute Gasteiger partial charge is 0.227 e. The minimum Gasteiger partial charge on any atom is -0.339 e. The lowest BCUT2D eigenvalue weighted by atomic mass is 9.79. The molecule has 1 heterocycles. The molecule has 1 aromatic carbocycles. The van der Waals surface area contributed by atoms with Crippen LogP contribution >= 0.6 is 0 Å². The van der Waals surface area contributed by atoms with Crippen molar-refractivity contribution in [3.63, 3.8) is 0 Å². The molecule has 1 saturated heterocycles. The van der Waals surface area contributed by atoms with E-state index >= 15 is 0 Å². The quantitative estimate of drug-likeness (QED) is 0.831. The molecule has 1 aromatic rings. The summed E-state index contributed by atoms with van der Waals surface area (Å²) in [7, 11) is 0. The van der Waals surface area contributed by atoms with Crippen LogP contribution in [0.1, 0.15) is 65.9 Å². The molecule has 1 N–H and O–H groups in total. The maximum Gasteiger partial charge on any atom is 0.227 e. The molecule has 0 radical (unpaired) electrons. The second-order valence-corrected chi connectivity index (χ2v) is 8.66. The predicted octanol–water partition coefficient (Wildman–Crippen LogP) is 4.31. The monoisotopic (exact) mass is 348 g/mol. The predicted molar refractivity (Wildman–Crippen MR) is 101 cm³/mol. The molecule has 0 saturated carbocycles. The van der Waals surface area contributed by atoms with E-state index in [1.807, 2.05) is 4.90 Å². The normalized spacial score (nSPS) is 19.6. The lowest BCUT2D eigenvalue weighted by molar-refractivity contribution is -0.134. The van der Waals surface area contributed by atoms with Crippen molar-refractivity contribution in [2.45, 2.75) is 83.8 Å². The Bertz CT molecular complexity index is 581. The Labute approximate surface area is 152 Å². The molecule has 0 aromatic heterocycles. The topological polar surface area (TPSA) is 32.3 Å². The molecule has 4 heteroatoms. The summed E-state index contributed by atoms with van der Waals surface area (Å²) in [5.74, 6) is -0.255. The summed E-state index contributed by atoms with van der Waals surface area (Å²) in [5, 5.41) is 3.67. The second kappa shape index (κ2) is 7.86. The zero-order valence-corrected chi connectivity index (χ0v) is 16.4. The molecule has 3 nitrogen and oxygen atoms in total. The van der Waals surface area contributed by atoms with Crippen LogP contribution in [-0.2, 0) is 11.2 Å². The van der Waals surface area contributed by atoms with Crippen molar-refractivity contribution in [3.8, 4) is 0 Å². The summed E-state index contributed by atoms with van der Waals surface area (Å²) in [6.07, 6.45) is 4.00. The van der Waals surface area contributed by atoms with Gasteiger partial charge in [-0.15, -0.1) is 0 Å². The highest BCUT2D eigenvalue weighted by Gasteiger charge is 2.41. The highest BCUT2D eigenvalue weighted by molar-refractivity contribution is 5.79. The van der Waals surface area contributed by atoms with Crippen LogP contribution in [-0.4, -0.2) is 34.5 Å². The Morgan fingerprint density at radius 3 is 2.36 bits per heavy atom. The molecule has 1 aliphatic rings. The van der Waals surface area contributed by atoms with E-state index in [0.29, 0.717) is 5.56 Å². The van der Waals surface area contributed by atoms with Crippen LogP contribution in [0.15, 0.2) is 24.3 Å². The maximum atomic E-state index is 14.0. The van der Waals surface area contributed by atoms with Crippen molar-refractivity contribution in [2.24, 2.45) is 0 Å². The van der Waals surface area contributed by atoms with Gasteiger partial charge in [-0.1, -0.05) is 31.5 Å². The molecule has 0 spiro atoms. The molecule has 0 aliphatic carbocycles. The molecule has 0 unspecified atom stereocenters. The first-order chi connectivity index (χ1) is 11.6. The third-order valence-electron chi connectivity index (χ3n) is 4.98. The Morgan fingerprint density at radius 1 is 1.20 bits per heavy atom. The van der Waals surface area contributed by atoms with Crippen LogP contribution in [0.25, 0.3) is 0 Å². The van der Waals surface area contributed by atoms with E-state index in [-0.39, 0.29) is 35.3 Å². The Balaban J connectivity index is 2.20. The number of piperidine rings is 1. The van der Waals surface area contributed by atoms with Crippen LogP contribution in [0.5, 0.6) is 0 Å². The summed E-state index contributed by atoms with van der Waals surface area (Å²) in [6.45, 7) is 11.7. The first kappa shape index (κ1) is 19.9. The van der Waals surface area contributed by atoms with E-state index in [1.165, 1.54) is 6.07 Å². The van der Waals surface area contributed by atoms with Crippen molar-refractivity contribution in [1.82, 2.24) is 10.2 Å². The molecule has 0 bridgehead atoms. The maximum absolute atomic E-state index is 14.0. The average molecular weight is 349 g/mol. The van der Waals surface area contributed by atoms with Gasteiger partial charge < -0.3 is 10.2 Å². The van der Waals surface area contributed by atoms with Gasteiger partial charge in [-0.2, -0.15) is 0 Å². The summed E-state index contributed by atoms with van der Waals surface area (Å²) < 4.78 is 14.0. The molecule has 140 valence electrons. The number of halogens is 1. The number of amides is 1. The molecule has 25 heavy (non-hydrogen) atoms. The van der Waals surface area contributed by atoms with Gasteiger partial charge in [-0.05, 0) is 58.6 Å². The fourth-order valence-corrected chi connectivity index (χ4v) is 4.23. The van der Waals surface area contributed by atoms with Crippen LogP contribution in [0.2, 0.25) is 0 Å². The SMILES string of the molecule is CCCCN(C(=O)Cc1ccccc1F)C1CC(C)(C)NC(C)(C)C1. The fraction of sp³-hybridized carbons (Fsp3) is 0.667. The molecular formula is C21H33FN2O. The molecule has 1 aliphatic heterocycles. The van der Waals surface area contributed by atoms with Gasteiger partial charge in [-0.25, -0.2) is 4.39 Å². The Morgan fingerprint density at radius 2 is 1.80 bits per heavy atom. The minimum absolute atomic E-state index is 0.0187. The number of benzene rings is 1. The molecule has 1 fully saturated rings. The van der Waals surface area contributed by atoms with Crippen LogP contribution in [0.4, 0.5) is 4.39 Å². The van der Waals surface area contributed by atoms with Crippen molar-refractivity contribution >= 4 is 5.91 Å². The number of hydrogen-bond acceptors (Lipinski definition) is 2. The first-order valence-corrected chi connectivity index (χ1v) is 9.46. The average Bonchev–Trinajstić information content (AvgIpc) is 2.47. The zero-order valence-electron chi connectivity index (χ0n) is 16.4. The lowest BCUT2D eigenvalue weighted by Crippen LogP contribution is -2.63. The number of nitrogens with one attached hydrogen (secondary N) is 1. The summed E-state index contributed by atoms with van der Waals surface area (Å²) in [4.78, 5) is 15.0. The van der Waals surface area contributed by atoms with E-state index in [4.69, 9.17) is 0 Å². The van der Waals surface area contributed by atoms with Crippen LogP contribution < -0.4 is 5.32 Å². The summed E-state index contributed by atoms with van der Waals surface area (Å²) >= 11 is 0. The lowest BCUT2D eigenvalue weighted by Gasteiger charge is -2.49. The number of unbranched alkanes of at least 4 members (excludes halogenated alkanes) is 1. The number of rotatable bonds is 6. The van der Waals surface area contributed by atoms with E-state index in [0.717, 1.165) is 32.2 Å². The van der Waals surface area contributed by atoms with E-state index < -0.39 is 0 Å². The fourth-order valence-electron chi connectivity index (χ4n) is 4.23. The second-order valence-electron chi connectivity index (χ2n) is 8.66. The number of hydrogen-bond donors (Lipinski definition) is 1. The Hall–Kier alpha value is -1.42. The van der Waals surface area contributed by atoms with Crippen molar-refractivity contribution in [3.05, 3.63) is 35.6 Å². The van der Waals surface area contributed by atoms with Gasteiger partial charge in [-0.3, -0.25) is 4.79 Å². The highest BCUT2D eigenvalue weighted by Crippen LogP contribution is 2.32. The molecule has 0 atom stereocenters. The van der Waals surface area contributed by atoms with Crippen LogP contribution in [0.3, 0.4) is 0 Å². The van der Waals surface area contributed by atoms with E-state index in [2.05, 4.69) is 39.9 Å². The van der Waals surface area contributed by atoms with Crippen molar-refractivity contribution in [2.75, 3.05) is 6.54 Å².